The van der Waals surface area contributed by atoms with E-state index in [0.717, 1.165) is 0 Å². The van der Waals surface area contributed by atoms with E-state index >= 15 is 0 Å². The summed E-state index contributed by atoms with van der Waals surface area (Å²) < 4.78 is 54.1. The quantitative estimate of drug-likeness (QED) is 0.0258. The normalized spacial score (nSPS) is 16.5. The van der Waals surface area contributed by atoms with Crippen LogP contribution in [0.5, 0.6) is 0 Å². The van der Waals surface area contributed by atoms with E-state index in [1.165, 1.54) is 13.8 Å². The highest BCUT2D eigenvalue weighted by Crippen LogP contribution is 2.43. The molecule has 47 heavy (non-hydrogen) atoms. The summed E-state index contributed by atoms with van der Waals surface area (Å²) in [4.78, 5) is 66.3. The lowest BCUT2D eigenvalue weighted by Gasteiger charge is -2.20. The zero-order valence-corrected chi connectivity index (χ0v) is 28.9. The van der Waals surface area contributed by atoms with Crippen molar-refractivity contribution in [3.63, 3.8) is 0 Å². The summed E-state index contributed by atoms with van der Waals surface area (Å²) in [5.74, 6) is -2.36. The fraction of sp³-hybridized carbons (Fsp3) is 0.840. The summed E-state index contributed by atoms with van der Waals surface area (Å²) in [5.41, 5.74) is 0. The van der Waals surface area contributed by atoms with Gasteiger partial charge in [-0.1, -0.05) is 0 Å². The van der Waals surface area contributed by atoms with Gasteiger partial charge in [-0.2, -0.15) is 0 Å². The number of phosphoric ester groups is 2. The number of rotatable bonds is 28. The Labute approximate surface area is 273 Å². The molecule has 0 aliphatic carbocycles. The van der Waals surface area contributed by atoms with Gasteiger partial charge < -0.3 is 50.7 Å². The van der Waals surface area contributed by atoms with Crippen LogP contribution in [0.4, 0.5) is 0 Å². The van der Waals surface area contributed by atoms with Gasteiger partial charge in [-0.3, -0.25) is 37.3 Å². The number of aliphatic hydroxyl groups is 2. The molecule has 0 saturated heterocycles. The molecule has 276 valence electrons. The first-order valence-electron chi connectivity index (χ1n) is 14.7. The third kappa shape index (κ3) is 28.6. The number of ether oxygens (including phenoxy) is 2. The molecule has 0 aliphatic rings. The van der Waals surface area contributed by atoms with Crippen molar-refractivity contribution in [3.8, 4) is 0 Å². The standard InChI is InChI=1S/C25H50N4O16P2/c1-18(30)5-9-40-14-22(28-20(3)32)16-44-46(36,37)42-11-7-26-24(34)13-25(35)27-8-12-43-47(38,39)45-17-23(29-21(4)33)15-41-10-6-19(2)31/h18-19,22-23,30-31H,5-17H2,1-4H3,(H,26,34)(H,27,35)(H,28,32)(H,29,33)(H,36,37)(H,38,39)/t18-,19-,22-,23-/m1/s1. The maximum Gasteiger partial charge on any atom is 0.472 e. The van der Waals surface area contributed by atoms with Crippen LogP contribution < -0.4 is 21.3 Å². The van der Waals surface area contributed by atoms with Crippen molar-refractivity contribution in [2.75, 3.05) is 65.9 Å². The number of nitrogens with one attached hydrogen (secondary N) is 4. The van der Waals surface area contributed by atoms with Gasteiger partial charge in [0.05, 0.1) is 63.9 Å². The van der Waals surface area contributed by atoms with Crippen LogP contribution in [-0.4, -0.2) is 134 Å². The number of hydrogen-bond acceptors (Lipinski definition) is 14. The van der Waals surface area contributed by atoms with E-state index in [0.29, 0.717) is 12.8 Å². The first-order chi connectivity index (χ1) is 21.9. The summed E-state index contributed by atoms with van der Waals surface area (Å²) in [5, 5.41) is 28.1. The summed E-state index contributed by atoms with van der Waals surface area (Å²) >= 11 is 0. The molecule has 2 unspecified atom stereocenters. The fourth-order valence-electron chi connectivity index (χ4n) is 3.21. The Hall–Kier alpha value is -2.06. The highest BCUT2D eigenvalue weighted by molar-refractivity contribution is 7.47. The second kappa shape index (κ2) is 25.0. The Bertz CT molecular complexity index is 957. The monoisotopic (exact) mass is 724 g/mol. The molecule has 0 aliphatic heterocycles. The average molecular weight is 725 g/mol. The molecule has 0 spiro atoms. The SMILES string of the molecule is CC(=O)N[C@H](COCC[C@@H](C)O)COP(=O)(O)OCCNC(=O)CC(=O)NCCOP(=O)(O)OC[C@@H](COCC[C@@H](C)O)NC(C)=O. The maximum absolute atomic E-state index is 12.1. The number of hydrogen-bond donors (Lipinski definition) is 8. The number of aliphatic hydroxyl groups excluding tert-OH is 2. The van der Waals surface area contributed by atoms with Crippen LogP contribution in [0, 0.1) is 0 Å². The van der Waals surface area contributed by atoms with Crippen molar-refractivity contribution >= 4 is 39.3 Å². The Morgan fingerprint density at radius 1 is 0.617 bits per heavy atom. The second-order valence-electron chi connectivity index (χ2n) is 10.3. The number of carbonyl (C=O) groups is 4. The molecule has 0 aromatic carbocycles. The molecule has 20 nitrogen and oxygen atoms in total. The summed E-state index contributed by atoms with van der Waals surface area (Å²) in [6.07, 6.45) is -1.09. The largest absolute Gasteiger partial charge is 0.472 e. The molecule has 22 heteroatoms. The fourth-order valence-corrected chi connectivity index (χ4v) is 4.74. The molecule has 0 heterocycles. The molecule has 8 N–H and O–H groups in total. The van der Waals surface area contributed by atoms with Crippen molar-refractivity contribution < 1.29 is 75.9 Å². The van der Waals surface area contributed by atoms with Gasteiger partial charge in [0, 0.05) is 40.2 Å². The van der Waals surface area contributed by atoms with E-state index in [-0.39, 0.29) is 39.5 Å². The molecule has 0 rings (SSSR count). The van der Waals surface area contributed by atoms with Crippen LogP contribution in [0.1, 0.15) is 47.0 Å². The van der Waals surface area contributed by atoms with Crippen LogP contribution in [0.25, 0.3) is 0 Å². The minimum atomic E-state index is -4.57. The van der Waals surface area contributed by atoms with Crippen LogP contribution in [0.2, 0.25) is 0 Å². The lowest BCUT2D eigenvalue weighted by Crippen LogP contribution is -2.40. The van der Waals surface area contributed by atoms with Gasteiger partial charge in [0.1, 0.15) is 6.42 Å². The predicted octanol–water partition coefficient (Wildman–Crippen LogP) is -1.54. The molecular weight excluding hydrogens is 674 g/mol. The molecule has 0 radical (unpaired) electrons. The minimum Gasteiger partial charge on any atom is -0.393 e. The first kappa shape index (κ1) is 44.9. The van der Waals surface area contributed by atoms with Crippen molar-refractivity contribution in [1.29, 1.82) is 0 Å². The van der Waals surface area contributed by atoms with Crippen molar-refractivity contribution in [1.82, 2.24) is 21.3 Å². The smallest absolute Gasteiger partial charge is 0.393 e. The van der Waals surface area contributed by atoms with Gasteiger partial charge in [-0.25, -0.2) is 9.13 Å². The maximum atomic E-state index is 12.1. The van der Waals surface area contributed by atoms with E-state index in [4.69, 9.17) is 27.6 Å². The van der Waals surface area contributed by atoms with Gasteiger partial charge in [0.15, 0.2) is 0 Å². The number of phosphoric acid groups is 2. The van der Waals surface area contributed by atoms with Crippen LogP contribution >= 0.6 is 15.6 Å². The van der Waals surface area contributed by atoms with Gasteiger partial charge >= 0.3 is 15.6 Å². The Morgan fingerprint density at radius 3 is 1.30 bits per heavy atom. The summed E-state index contributed by atoms with van der Waals surface area (Å²) in [6, 6.07) is -1.54. The van der Waals surface area contributed by atoms with Crippen molar-refractivity contribution in [2.45, 2.75) is 71.2 Å². The van der Waals surface area contributed by atoms with E-state index in [1.54, 1.807) is 13.8 Å². The Kier molecular flexibility index (Phi) is 23.9. The first-order valence-corrected chi connectivity index (χ1v) is 17.7. The van der Waals surface area contributed by atoms with Gasteiger partial charge in [-0.15, -0.1) is 0 Å². The third-order valence-corrected chi connectivity index (χ3v) is 7.34. The molecule has 0 fully saturated rings. The minimum absolute atomic E-state index is 0.0490. The molecule has 6 atom stereocenters. The molecule has 0 bridgehead atoms. The van der Waals surface area contributed by atoms with Crippen molar-refractivity contribution in [3.05, 3.63) is 0 Å². The highest BCUT2D eigenvalue weighted by Gasteiger charge is 2.25. The zero-order chi connectivity index (χ0) is 35.9. The predicted molar refractivity (Wildman–Crippen MR) is 164 cm³/mol. The van der Waals surface area contributed by atoms with Gasteiger partial charge in [0.25, 0.3) is 0 Å². The molecular formula is C25H50N4O16P2. The van der Waals surface area contributed by atoms with Crippen LogP contribution in [0.15, 0.2) is 0 Å². The molecule has 0 aromatic heterocycles. The second-order valence-corrected chi connectivity index (χ2v) is 13.2. The Balaban J connectivity index is 4.30. The highest BCUT2D eigenvalue weighted by atomic mass is 31.2. The van der Waals surface area contributed by atoms with Crippen molar-refractivity contribution in [2.24, 2.45) is 0 Å². The van der Waals surface area contributed by atoms with Crippen LogP contribution in [0.3, 0.4) is 0 Å². The van der Waals surface area contributed by atoms with E-state index in [9.17, 15) is 48.3 Å². The molecule has 0 saturated carbocycles. The Morgan fingerprint density at radius 2 is 0.979 bits per heavy atom. The van der Waals surface area contributed by atoms with E-state index < -0.39 is 96.4 Å². The lowest BCUT2D eigenvalue weighted by atomic mass is 10.3. The van der Waals surface area contributed by atoms with E-state index in [2.05, 4.69) is 21.3 Å². The lowest BCUT2D eigenvalue weighted by molar-refractivity contribution is -0.129. The zero-order valence-electron chi connectivity index (χ0n) is 27.1. The van der Waals surface area contributed by atoms with E-state index in [1.807, 2.05) is 0 Å². The third-order valence-electron chi connectivity index (χ3n) is 5.37. The average Bonchev–Trinajstić information content (AvgIpc) is 2.94. The van der Waals surface area contributed by atoms with Crippen LogP contribution in [-0.2, 0) is 55.9 Å². The molecule has 0 aromatic rings. The van der Waals surface area contributed by atoms with Gasteiger partial charge in [0.2, 0.25) is 23.6 Å². The topological polar surface area (TPSA) is 287 Å². The number of carbonyl (C=O) groups excluding carboxylic acids is 4. The van der Waals surface area contributed by atoms with Gasteiger partial charge in [-0.05, 0) is 26.7 Å². The number of amides is 4. The summed E-state index contributed by atoms with van der Waals surface area (Å²) in [7, 11) is -9.14. The molecule has 4 amide bonds. The summed E-state index contributed by atoms with van der Waals surface area (Å²) in [6.45, 7) is 3.69.